The second-order valence-electron chi connectivity index (χ2n) is 15.6. The van der Waals surface area contributed by atoms with Gasteiger partial charge in [-0.1, -0.05) is 45.5 Å². The van der Waals surface area contributed by atoms with Crippen LogP contribution < -0.4 is 54.8 Å². The molecule has 7 amide bonds. The van der Waals surface area contributed by atoms with E-state index >= 15 is 0 Å². The number of aliphatic hydroxyl groups excluding tert-OH is 1. The van der Waals surface area contributed by atoms with Crippen LogP contribution in [0.4, 0.5) is 0 Å². The number of unbranched alkanes of at least 4 members (excludes halogenated alkanes) is 2. The summed E-state index contributed by atoms with van der Waals surface area (Å²) in [5, 5.41) is 26.5. The molecular weight excluding hydrogens is 837 g/mol. The second kappa shape index (κ2) is 34.0. The number of hydrogen-bond acceptors (Lipinski definition) is 15. The molecule has 22 heteroatoms. The van der Waals surface area contributed by atoms with Crippen molar-refractivity contribution in [3.63, 3.8) is 0 Å². The molecule has 1 rings (SSSR count). The first-order valence-corrected chi connectivity index (χ1v) is 22.3. The molecule has 0 aromatic rings. The highest BCUT2D eigenvalue weighted by Crippen LogP contribution is 2.33. The van der Waals surface area contributed by atoms with Crippen LogP contribution in [0.5, 0.6) is 0 Å². The predicted molar refractivity (Wildman–Crippen MR) is 236 cm³/mol. The van der Waals surface area contributed by atoms with E-state index in [9.17, 15) is 38.7 Å². The van der Waals surface area contributed by atoms with Crippen LogP contribution in [-0.4, -0.2) is 161 Å². The smallest absolute Gasteiger partial charge is 0.243 e. The molecule has 0 bridgehead atoms. The number of ether oxygens (including phenoxy) is 4. The van der Waals surface area contributed by atoms with E-state index in [0.717, 1.165) is 0 Å². The van der Waals surface area contributed by atoms with Gasteiger partial charge in [0.15, 0.2) is 0 Å². The van der Waals surface area contributed by atoms with Crippen molar-refractivity contribution in [1.29, 1.82) is 0 Å². The van der Waals surface area contributed by atoms with Crippen LogP contribution in [0, 0.1) is 24.2 Å². The van der Waals surface area contributed by atoms with Gasteiger partial charge < -0.3 is 78.9 Å². The lowest BCUT2D eigenvalue weighted by Gasteiger charge is -2.27. The van der Waals surface area contributed by atoms with E-state index in [4.69, 9.17) is 48.3 Å². The highest BCUT2D eigenvalue weighted by Gasteiger charge is 2.44. The molecule has 22 nitrogen and oxygen atoms in total. The van der Waals surface area contributed by atoms with Gasteiger partial charge >= 0.3 is 0 Å². The van der Waals surface area contributed by atoms with Crippen LogP contribution in [0.25, 0.3) is 0 Å². The van der Waals surface area contributed by atoms with E-state index in [0.29, 0.717) is 78.5 Å². The van der Waals surface area contributed by atoms with Gasteiger partial charge in [-0.2, -0.15) is 0 Å². The number of amides is 7. The Bertz CT molecular complexity index is 1470. The third kappa shape index (κ3) is 22.9. The third-order valence-electron chi connectivity index (χ3n) is 10.5. The van der Waals surface area contributed by atoms with Crippen molar-refractivity contribution in [3.05, 3.63) is 0 Å². The predicted octanol–water partition coefficient (Wildman–Crippen LogP) is -3.48. The van der Waals surface area contributed by atoms with Crippen LogP contribution in [0.3, 0.4) is 0 Å². The molecule has 1 aliphatic rings. The maximum atomic E-state index is 14.2. The van der Waals surface area contributed by atoms with Crippen molar-refractivity contribution < 1.29 is 57.6 Å². The average molecular weight is 913 g/mol. The summed E-state index contributed by atoms with van der Waals surface area (Å²) in [7, 11) is 0. The minimum absolute atomic E-state index is 0.0270. The summed E-state index contributed by atoms with van der Waals surface area (Å²) in [5.41, 5.74) is 22.2. The van der Waals surface area contributed by atoms with E-state index in [1.807, 2.05) is 13.8 Å². The first kappa shape index (κ1) is 57.5. The molecule has 9 atom stereocenters. The van der Waals surface area contributed by atoms with Gasteiger partial charge in [-0.05, 0) is 58.5 Å². The lowest BCUT2D eigenvalue weighted by Crippen LogP contribution is -2.59. The zero-order valence-corrected chi connectivity index (χ0v) is 37.9. The van der Waals surface area contributed by atoms with Gasteiger partial charge in [0, 0.05) is 12.6 Å². The fraction of sp³-hybridized carbons (Fsp3) is 0.786. The third-order valence-corrected chi connectivity index (χ3v) is 10.5. The van der Waals surface area contributed by atoms with Gasteiger partial charge in [-0.3, -0.25) is 33.6 Å². The van der Waals surface area contributed by atoms with Gasteiger partial charge in [-0.15, -0.1) is 6.42 Å². The molecule has 0 spiro atoms. The Kier molecular flexibility index (Phi) is 30.5. The van der Waals surface area contributed by atoms with Crippen molar-refractivity contribution in [2.24, 2.45) is 34.8 Å². The standard InChI is InChI=1S/C42H76N10O12/c1-5-8-10-32(40(58)48-31(12-14-43)36(45)54)49-38(56)29-25-28(47-16-18-62-20-22-64-24-23-63-21-19-61-17-7-3)26-30(29)39(57)50-33(11-9-6-2)41(59)51-34(13-15-44)42(60)52-35(27(4)53)37(46)55/h3,27-35,47,53H,5-6,8-26,43-44H2,1-2,4H3,(H2,45,54)(H2,46,55)(H,48,58)(H,49,56)(H,50,57)(H,51,59)(H,52,60)/t27-,28?,29-,30-,31+,32+,33+,34+,35+/m1/s1. The molecule has 0 saturated heterocycles. The molecular formula is C42H76N10O12. The maximum absolute atomic E-state index is 14.2. The van der Waals surface area contributed by atoms with Gasteiger partial charge in [0.25, 0.3) is 0 Å². The number of nitrogens with one attached hydrogen (secondary N) is 6. The van der Waals surface area contributed by atoms with Crippen molar-refractivity contribution in [1.82, 2.24) is 31.9 Å². The van der Waals surface area contributed by atoms with E-state index in [1.54, 1.807) is 0 Å². The second-order valence-corrected chi connectivity index (χ2v) is 15.6. The molecule has 64 heavy (non-hydrogen) atoms. The maximum Gasteiger partial charge on any atom is 0.243 e. The lowest BCUT2D eigenvalue weighted by molar-refractivity contribution is -0.138. The molecule has 1 aliphatic carbocycles. The Morgan fingerprint density at radius 1 is 0.625 bits per heavy atom. The van der Waals surface area contributed by atoms with Crippen molar-refractivity contribution >= 4 is 41.4 Å². The summed E-state index contributed by atoms with van der Waals surface area (Å²) in [6.45, 7) is 8.27. The highest BCUT2D eigenvalue weighted by atomic mass is 16.6. The molecule has 1 saturated carbocycles. The molecule has 0 aromatic carbocycles. The van der Waals surface area contributed by atoms with Crippen LogP contribution in [0.15, 0.2) is 0 Å². The SMILES string of the molecule is C#CCOCCOCCOCCOCCNC1C[C@@H](C(=O)N[C@@H](CCCC)C(=O)N[C@@H](CCN)C(N)=O)[C@H](C(=O)N[C@@H](CCCC)C(=O)N[C@@H](CCN)C(=O)N[C@H](C(N)=O)[C@@H](C)O)C1. The summed E-state index contributed by atoms with van der Waals surface area (Å²) in [5.74, 6) is -4.55. The van der Waals surface area contributed by atoms with E-state index in [-0.39, 0.29) is 64.3 Å². The molecule has 1 unspecified atom stereocenters. The zero-order valence-electron chi connectivity index (χ0n) is 37.9. The monoisotopic (exact) mass is 913 g/mol. The van der Waals surface area contributed by atoms with Crippen LogP contribution >= 0.6 is 0 Å². The normalized spacial score (nSPS) is 18.6. The average Bonchev–Trinajstić information content (AvgIpc) is 3.69. The minimum Gasteiger partial charge on any atom is -0.391 e. The largest absolute Gasteiger partial charge is 0.391 e. The van der Waals surface area contributed by atoms with E-state index in [2.05, 4.69) is 37.8 Å². The first-order valence-electron chi connectivity index (χ1n) is 22.3. The number of nitrogens with two attached hydrogens (primary N) is 4. The van der Waals surface area contributed by atoms with Crippen LogP contribution in [0.2, 0.25) is 0 Å². The van der Waals surface area contributed by atoms with Crippen molar-refractivity contribution in [2.45, 2.75) is 127 Å². The molecule has 366 valence electrons. The van der Waals surface area contributed by atoms with E-state index in [1.165, 1.54) is 6.92 Å². The number of terminal acetylenes is 1. The number of hydrogen-bond donors (Lipinski definition) is 11. The topological polar surface area (TPSA) is 353 Å². The quantitative estimate of drug-likeness (QED) is 0.0213. The van der Waals surface area contributed by atoms with Gasteiger partial charge in [0.1, 0.15) is 36.8 Å². The molecule has 0 aromatic heterocycles. The van der Waals surface area contributed by atoms with E-state index < -0.39 is 89.5 Å². The minimum atomic E-state index is -1.43. The molecule has 0 heterocycles. The Balaban J connectivity index is 3.18. The summed E-state index contributed by atoms with van der Waals surface area (Å²) in [4.78, 5) is 92.6. The first-order chi connectivity index (χ1) is 30.6. The summed E-state index contributed by atoms with van der Waals surface area (Å²) >= 11 is 0. The number of carbonyl (C=O) groups is 7. The lowest BCUT2D eigenvalue weighted by atomic mass is 9.93. The molecule has 0 radical (unpaired) electrons. The van der Waals surface area contributed by atoms with Crippen LogP contribution in [0.1, 0.15) is 85.0 Å². The Morgan fingerprint density at radius 2 is 1.05 bits per heavy atom. The summed E-state index contributed by atoms with van der Waals surface area (Å²) in [6, 6.07) is -6.22. The van der Waals surface area contributed by atoms with Gasteiger partial charge in [0.05, 0.1) is 64.2 Å². The Labute approximate surface area is 377 Å². The fourth-order valence-corrected chi connectivity index (χ4v) is 6.94. The van der Waals surface area contributed by atoms with Gasteiger partial charge in [-0.25, -0.2) is 0 Å². The molecule has 15 N–H and O–H groups in total. The van der Waals surface area contributed by atoms with Crippen molar-refractivity contribution in [3.8, 4) is 12.3 Å². The Hall–Kier alpha value is -4.47. The summed E-state index contributed by atoms with van der Waals surface area (Å²) in [6.07, 6.45) is 7.16. The van der Waals surface area contributed by atoms with Crippen molar-refractivity contribution in [2.75, 3.05) is 72.5 Å². The number of carbonyl (C=O) groups excluding carboxylic acids is 7. The zero-order chi connectivity index (χ0) is 47.9. The fourth-order valence-electron chi connectivity index (χ4n) is 6.94. The van der Waals surface area contributed by atoms with Gasteiger partial charge in [0.2, 0.25) is 41.4 Å². The number of rotatable bonds is 37. The van der Waals surface area contributed by atoms with Crippen LogP contribution in [-0.2, 0) is 52.5 Å². The molecule has 0 aliphatic heterocycles. The number of aliphatic hydroxyl groups is 1. The molecule has 1 fully saturated rings. The number of primary amides is 2. The highest BCUT2D eigenvalue weighted by molar-refractivity contribution is 5.96. The summed E-state index contributed by atoms with van der Waals surface area (Å²) < 4.78 is 21.7. The Morgan fingerprint density at radius 3 is 1.47 bits per heavy atom.